The summed E-state index contributed by atoms with van der Waals surface area (Å²) in [6, 6.07) is 14.5. The Morgan fingerprint density at radius 3 is 2.08 bits per heavy atom. The summed E-state index contributed by atoms with van der Waals surface area (Å²) in [4.78, 5) is 28.8. The maximum Gasteiger partial charge on any atom is 0.300 e. The van der Waals surface area contributed by atoms with Crippen LogP contribution in [0.4, 0.5) is 5.69 Å². The fourth-order valence-electron chi connectivity index (χ4n) is 4.86. The van der Waals surface area contributed by atoms with E-state index in [2.05, 4.69) is 0 Å². The number of hydrogen-bond donors (Lipinski definition) is 1. The number of ether oxygens (including phenoxy) is 5. The predicted octanol–water partition coefficient (Wildman–Crippen LogP) is 5.44. The molecule has 0 saturated carbocycles. The lowest BCUT2D eigenvalue weighted by molar-refractivity contribution is -0.132. The molecule has 1 atom stereocenters. The molecule has 1 aliphatic rings. The van der Waals surface area contributed by atoms with E-state index in [1.807, 2.05) is 32.9 Å². The van der Waals surface area contributed by atoms with Crippen molar-refractivity contribution in [3.05, 3.63) is 76.9 Å². The number of Topliss-reactive ketones (excluding diaryl/α,β-unsaturated/α-hetero) is 1. The number of aliphatic hydroxyl groups is 1. The average Bonchev–Trinajstić information content (AvgIpc) is 3.22. The lowest BCUT2D eigenvalue weighted by Gasteiger charge is -2.28. The molecule has 3 aromatic carbocycles. The minimum Gasteiger partial charge on any atom is -0.507 e. The van der Waals surface area contributed by atoms with Gasteiger partial charge in [-0.25, -0.2) is 0 Å². The van der Waals surface area contributed by atoms with E-state index in [0.717, 1.165) is 5.56 Å². The molecule has 3 aromatic rings. The van der Waals surface area contributed by atoms with Crippen molar-refractivity contribution in [3.63, 3.8) is 0 Å². The quantitative estimate of drug-likeness (QED) is 0.203. The molecule has 0 radical (unpaired) electrons. The van der Waals surface area contributed by atoms with Crippen molar-refractivity contribution in [2.24, 2.45) is 0 Å². The number of anilines is 1. The van der Waals surface area contributed by atoms with Gasteiger partial charge in [-0.15, -0.1) is 0 Å². The largest absolute Gasteiger partial charge is 0.507 e. The Balaban J connectivity index is 2.04. The molecule has 1 aliphatic heterocycles. The van der Waals surface area contributed by atoms with Crippen molar-refractivity contribution in [1.29, 1.82) is 0 Å². The van der Waals surface area contributed by atoms with E-state index in [-0.39, 0.29) is 16.9 Å². The second-order valence-corrected chi connectivity index (χ2v) is 8.94. The molecule has 1 N–H and O–H groups in total. The van der Waals surface area contributed by atoms with Gasteiger partial charge in [-0.2, -0.15) is 0 Å². The van der Waals surface area contributed by atoms with Gasteiger partial charge in [0.25, 0.3) is 11.7 Å². The third-order valence-corrected chi connectivity index (χ3v) is 6.64. The maximum absolute atomic E-state index is 13.7. The molecule has 0 bridgehead atoms. The molecule has 210 valence electrons. The first-order valence-electron chi connectivity index (χ1n) is 12.9. The Morgan fingerprint density at radius 2 is 1.50 bits per heavy atom. The van der Waals surface area contributed by atoms with E-state index in [1.165, 1.54) is 26.2 Å². The van der Waals surface area contributed by atoms with Crippen LogP contribution in [-0.4, -0.2) is 51.3 Å². The van der Waals surface area contributed by atoms with Crippen LogP contribution in [0.3, 0.4) is 0 Å². The molecule has 0 aromatic heterocycles. The summed E-state index contributed by atoms with van der Waals surface area (Å²) in [6.45, 7) is 6.27. The number of amides is 1. The molecule has 0 spiro atoms. The van der Waals surface area contributed by atoms with E-state index in [4.69, 9.17) is 23.7 Å². The van der Waals surface area contributed by atoms with Crippen LogP contribution >= 0.6 is 0 Å². The van der Waals surface area contributed by atoms with Crippen LogP contribution in [0.1, 0.15) is 36.6 Å². The number of carbonyl (C=O) groups is 2. The number of aliphatic hydroxyl groups excluding tert-OH is 1. The number of aryl methyl sites for hydroxylation is 1. The van der Waals surface area contributed by atoms with Crippen LogP contribution in [-0.2, 0) is 9.59 Å². The van der Waals surface area contributed by atoms with E-state index >= 15 is 0 Å². The molecule has 1 unspecified atom stereocenters. The van der Waals surface area contributed by atoms with Gasteiger partial charge in [-0.1, -0.05) is 18.2 Å². The molecule has 1 saturated heterocycles. The summed E-state index contributed by atoms with van der Waals surface area (Å²) in [5.74, 6) is -0.104. The van der Waals surface area contributed by atoms with Crippen molar-refractivity contribution >= 4 is 23.1 Å². The van der Waals surface area contributed by atoms with Gasteiger partial charge in [-0.3, -0.25) is 14.5 Å². The molecular weight excluding hydrogens is 514 g/mol. The lowest BCUT2D eigenvalue weighted by Crippen LogP contribution is -2.30. The molecule has 0 aliphatic carbocycles. The Hall–Kier alpha value is -4.66. The highest BCUT2D eigenvalue weighted by Gasteiger charge is 2.48. The number of benzene rings is 3. The molecule has 1 heterocycles. The fourth-order valence-corrected chi connectivity index (χ4v) is 4.86. The van der Waals surface area contributed by atoms with Crippen LogP contribution in [0.25, 0.3) is 5.76 Å². The van der Waals surface area contributed by atoms with Crippen LogP contribution in [0.5, 0.6) is 28.7 Å². The highest BCUT2D eigenvalue weighted by molar-refractivity contribution is 6.51. The van der Waals surface area contributed by atoms with Gasteiger partial charge in [0.1, 0.15) is 17.3 Å². The molecule has 4 rings (SSSR count). The molecular formula is C31H33NO8. The number of rotatable bonds is 10. The minimum absolute atomic E-state index is 0.104. The van der Waals surface area contributed by atoms with Gasteiger partial charge in [0.05, 0.1) is 51.7 Å². The summed E-state index contributed by atoms with van der Waals surface area (Å²) in [5.41, 5.74) is 1.93. The lowest BCUT2D eigenvalue weighted by atomic mass is 9.94. The summed E-state index contributed by atoms with van der Waals surface area (Å²) in [7, 11) is 4.45. The molecule has 40 heavy (non-hydrogen) atoms. The van der Waals surface area contributed by atoms with Gasteiger partial charge in [0, 0.05) is 11.8 Å². The Bertz CT molecular complexity index is 1440. The highest BCUT2D eigenvalue weighted by Crippen LogP contribution is 2.48. The summed E-state index contributed by atoms with van der Waals surface area (Å²) in [6.07, 6.45) is 0. The molecule has 1 fully saturated rings. The van der Waals surface area contributed by atoms with E-state index in [1.54, 1.807) is 42.5 Å². The minimum atomic E-state index is -1.02. The predicted molar refractivity (Wildman–Crippen MR) is 151 cm³/mol. The zero-order chi connectivity index (χ0) is 29.0. The molecule has 9 heteroatoms. The number of ketones is 1. The zero-order valence-corrected chi connectivity index (χ0v) is 23.4. The van der Waals surface area contributed by atoms with Crippen molar-refractivity contribution in [2.75, 3.05) is 39.4 Å². The van der Waals surface area contributed by atoms with Crippen LogP contribution in [0.15, 0.2) is 60.2 Å². The summed E-state index contributed by atoms with van der Waals surface area (Å²) in [5, 5.41) is 11.7. The standard InChI is InChI=1S/C31H33NO8/c1-7-39-20-13-14-21(23(17-20)40-8-2)28(33)26-27(19-15-24(36-4)30(38-6)25(16-19)37-5)32(31(35)29(26)34)22-12-10-9-11-18(22)3/h9-17,27,33H,7-8H2,1-6H3/b28-26+. The average molecular weight is 548 g/mol. The van der Waals surface area contributed by atoms with Crippen molar-refractivity contribution in [3.8, 4) is 28.7 Å². The topological polar surface area (TPSA) is 104 Å². The van der Waals surface area contributed by atoms with Crippen molar-refractivity contribution < 1.29 is 38.4 Å². The highest BCUT2D eigenvalue weighted by atomic mass is 16.5. The number of methoxy groups -OCH3 is 3. The summed E-state index contributed by atoms with van der Waals surface area (Å²) >= 11 is 0. The van der Waals surface area contributed by atoms with Gasteiger partial charge in [-0.05, 0) is 62.2 Å². The number of para-hydroxylation sites is 1. The second kappa shape index (κ2) is 12.0. The molecule has 1 amide bonds. The van der Waals surface area contributed by atoms with E-state index in [0.29, 0.717) is 53.2 Å². The summed E-state index contributed by atoms with van der Waals surface area (Å²) < 4.78 is 28.0. The monoisotopic (exact) mass is 547 g/mol. The number of hydrogen-bond acceptors (Lipinski definition) is 8. The third kappa shape index (κ3) is 5.02. The smallest absolute Gasteiger partial charge is 0.300 e. The first-order valence-corrected chi connectivity index (χ1v) is 12.9. The van der Waals surface area contributed by atoms with Crippen molar-refractivity contribution in [1.82, 2.24) is 0 Å². The fraction of sp³-hybridized carbons (Fsp3) is 0.290. The Kier molecular flexibility index (Phi) is 8.52. The zero-order valence-electron chi connectivity index (χ0n) is 23.4. The molecule has 9 nitrogen and oxygen atoms in total. The van der Waals surface area contributed by atoms with E-state index in [9.17, 15) is 14.7 Å². The number of nitrogens with zero attached hydrogens (tertiary/aromatic N) is 1. The van der Waals surface area contributed by atoms with Crippen LogP contribution < -0.4 is 28.6 Å². The Labute approximate surface area is 233 Å². The maximum atomic E-state index is 13.7. The van der Waals surface area contributed by atoms with Gasteiger partial charge < -0.3 is 28.8 Å². The van der Waals surface area contributed by atoms with Crippen LogP contribution in [0, 0.1) is 6.92 Å². The van der Waals surface area contributed by atoms with Gasteiger partial charge >= 0.3 is 0 Å². The Morgan fingerprint density at radius 1 is 0.850 bits per heavy atom. The van der Waals surface area contributed by atoms with Crippen molar-refractivity contribution in [2.45, 2.75) is 26.8 Å². The van der Waals surface area contributed by atoms with Crippen LogP contribution in [0.2, 0.25) is 0 Å². The first kappa shape index (κ1) is 28.4. The number of carbonyl (C=O) groups excluding carboxylic acids is 2. The second-order valence-electron chi connectivity index (χ2n) is 8.94. The van der Waals surface area contributed by atoms with Gasteiger partial charge in [0.15, 0.2) is 11.5 Å². The third-order valence-electron chi connectivity index (χ3n) is 6.64. The first-order chi connectivity index (χ1) is 19.3. The van der Waals surface area contributed by atoms with E-state index < -0.39 is 17.7 Å². The van der Waals surface area contributed by atoms with Gasteiger partial charge in [0.2, 0.25) is 5.75 Å². The normalized spacial score (nSPS) is 16.1. The SMILES string of the molecule is CCOc1ccc(/C(O)=C2\C(=O)C(=O)N(c3ccccc3C)C2c2cc(OC)c(OC)c(OC)c2)c(OCC)c1.